The van der Waals surface area contributed by atoms with Crippen molar-refractivity contribution in [1.29, 1.82) is 0 Å². The molecule has 0 radical (unpaired) electrons. The molecule has 1 atom stereocenters. The number of thiazole rings is 1. The van der Waals surface area contributed by atoms with Crippen molar-refractivity contribution in [2.45, 2.75) is 26.4 Å². The molecule has 170 valence electrons. The number of morpholine rings is 1. The predicted octanol–water partition coefficient (Wildman–Crippen LogP) is 4.68. The third kappa shape index (κ3) is 4.21. The lowest BCUT2D eigenvalue weighted by Crippen LogP contribution is -2.36. The van der Waals surface area contributed by atoms with Crippen LogP contribution in [0.5, 0.6) is 0 Å². The summed E-state index contributed by atoms with van der Waals surface area (Å²) in [7, 11) is 0. The molecule has 1 aliphatic heterocycles. The fourth-order valence-corrected chi connectivity index (χ4v) is 5.20. The largest absolute Gasteiger partial charge is 0.391 e. The normalized spacial score (nSPS) is 15.2. The Kier molecular flexibility index (Phi) is 6.05. The summed E-state index contributed by atoms with van der Waals surface area (Å²) in [5.74, 6) is -0.357. The molecule has 0 aliphatic carbocycles. The number of nitrogens with zero attached hydrogens (tertiary/aromatic N) is 4. The predicted molar refractivity (Wildman–Crippen MR) is 128 cm³/mol. The van der Waals surface area contributed by atoms with Gasteiger partial charge in [0.1, 0.15) is 17.2 Å². The van der Waals surface area contributed by atoms with Gasteiger partial charge in [-0.25, -0.2) is 19.3 Å². The second-order valence-electron chi connectivity index (χ2n) is 8.20. The Morgan fingerprint density at radius 2 is 1.97 bits per heavy atom. The van der Waals surface area contributed by atoms with Crippen molar-refractivity contribution < 1.29 is 14.2 Å². The van der Waals surface area contributed by atoms with E-state index in [1.807, 2.05) is 38.1 Å². The Morgan fingerprint density at radius 3 is 2.73 bits per heavy atom. The third-order valence-electron chi connectivity index (χ3n) is 6.17. The highest BCUT2D eigenvalue weighted by molar-refractivity contribution is 7.11. The zero-order valence-corrected chi connectivity index (χ0v) is 19.4. The molecule has 8 heteroatoms. The number of aromatic nitrogens is 3. The van der Waals surface area contributed by atoms with Crippen LogP contribution in [0.3, 0.4) is 0 Å². The number of ether oxygens (including phenoxy) is 1. The zero-order chi connectivity index (χ0) is 22.9. The van der Waals surface area contributed by atoms with E-state index in [0.717, 1.165) is 50.8 Å². The van der Waals surface area contributed by atoms with Crippen LogP contribution >= 0.6 is 11.3 Å². The Balaban J connectivity index is 1.53. The van der Waals surface area contributed by atoms with Gasteiger partial charge in [-0.2, -0.15) is 0 Å². The molecule has 1 N–H and O–H groups in total. The molecule has 4 aromatic rings. The molecule has 0 amide bonds. The van der Waals surface area contributed by atoms with Crippen molar-refractivity contribution in [3.05, 3.63) is 69.7 Å². The maximum Gasteiger partial charge on any atom is 0.132 e. The Labute approximate surface area is 195 Å². The fraction of sp³-hybridized carbons (Fsp3) is 0.320. The van der Waals surface area contributed by atoms with Crippen molar-refractivity contribution in [3.8, 4) is 11.3 Å². The summed E-state index contributed by atoms with van der Waals surface area (Å²) in [6, 6.07) is 11.2. The second-order valence-corrected chi connectivity index (χ2v) is 9.32. The minimum absolute atomic E-state index is 0.0236. The maximum absolute atomic E-state index is 15.0. The Morgan fingerprint density at radius 1 is 1.15 bits per heavy atom. The van der Waals surface area contributed by atoms with Gasteiger partial charge in [0.05, 0.1) is 41.6 Å². The van der Waals surface area contributed by atoms with Crippen molar-refractivity contribution >= 4 is 27.9 Å². The quantitative estimate of drug-likeness (QED) is 0.462. The molecular weight excluding hydrogens is 439 g/mol. The first-order valence-corrected chi connectivity index (χ1v) is 11.8. The average Bonchev–Trinajstić information content (AvgIpc) is 3.24. The molecule has 2 aromatic heterocycles. The van der Waals surface area contributed by atoms with Crippen molar-refractivity contribution in [3.63, 3.8) is 0 Å². The lowest BCUT2D eigenvalue weighted by atomic mass is 9.96. The van der Waals surface area contributed by atoms with Crippen LogP contribution in [0.1, 0.15) is 34.0 Å². The van der Waals surface area contributed by atoms with Crippen molar-refractivity contribution in [1.82, 2.24) is 15.0 Å². The number of aryl methyl sites for hydroxylation is 1. The highest BCUT2D eigenvalue weighted by atomic mass is 32.1. The van der Waals surface area contributed by atoms with E-state index in [0.29, 0.717) is 24.5 Å². The summed E-state index contributed by atoms with van der Waals surface area (Å²) in [6.45, 7) is 7.02. The average molecular weight is 465 g/mol. The van der Waals surface area contributed by atoms with Crippen LogP contribution in [0.2, 0.25) is 0 Å². The number of hydrogen-bond acceptors (Lipinski definition) is 7. The van der Waals surface area contributed by atoms with Crippen LogP contribution in [0.4, 0.5) is 10.1 Å². The van der Waals surface area contributed by atoms with Gasteiger partial charge in [0.15, 0.2) is 0 Å². The summed E-state index contributed by atoms with van der Waals surface area (Å²) in [5, 5.41) is 11.2. The first-order valence-electron chi connectivity index (χ1n) is 11.0. The maximum atomic E-state index is 15.0. The molecule has 0 spiro atoms. The number of fused-ring (bicyclic) bond motifs is 1. The highest BCUT2D eigenvalue weighted by Gasteiger charge is 2.19. The molecule has 0 bridgehead atoms. The van der Waals surface area contributed by atoms with E-state index in [1.54, 1.807) is 6.07 Å². The van der Waals surface area contributed by atoms with Gasteiger partial charge in [-0.3, -0.25) is 0 Å². The van der Waals surface area contributed by atoms with Crippen LogP contribution in [0.25, 0.3) is 22.2 Å². The second kappa shape index (κ2) is 9.13. The van der Waals surface area contributed by atoms with Crippen LogP contribution in [0.15, 0.2) is 42.7 Å². The van der Waals surface area contributed by atoms with Gasteiger partial charge < -0.3 is 14.7 Å². The molecule has 0 saturated carbocycles. The lowest BCUT2D eigenvalue weighted by Gasteiger charge is -2.29. The number of halogens is 1. The molecule has 1 saturated heterocycles. The van der Waals surface area contributed by atoms with Crippen molar-refractivity contribution in [2.24, 2.45) is 0 Å². The SMILES string of the molecule is Cc1nc(C(C)c2ccc(F)c(-c3ncnc4cc(N5CCOCC5)ccc34)c2)sc1CO. The van der Waals surface area contributed by atoms with Gasteiger partial charge in [-0.05, 0) is 42.8 Å². The zero-order valence-electron chi connectivity index (χ0n) is 18.6. The number of hydrogen-bond donors (Lipinski definition) is 1. The molecule has 1 fully saturated rings. The van der Waals surface area contributed by atoms with E-state index in [4.69, 9.17) is 4.74 Å². The number of rotatable bonds is 5. The third-order valence-corrected chi connectivity index (χ3v) is 7.49. The van der Waals surface area contributed by atoms with Crippen LogP contribution in [0, 0.1) is 12.7 Å². The van der Waals surface area contributed by atoms with E-state index < -0.39 is 0 Å². The summed E-state index contributed by atoms with van der Waals surface area (Å²) in [4.78, 5) is 16.6. The first kappa shape index (κ1) is 21.9. The minimum Gasteiger partial charge on any atom is -0.391 e. The van der Waals surface area contributed by atoms with Gasteiger partial charge >= 0.3 is 0 Å². The smallest absolute Gasteiger partial charge is 0.132 e. The molecule has 2 aromatic carbocycles. The van der Waals surface area contributed by atoms with Crippen LogP contribution in [-0.2, 0) is 11.3 Å². The number of anilines is 1. The first-order chi connectivity index (χ1) is 16.0. The Bertz CT molecular complexity index is 1300. The van der Waals surface area contributed by atoms with Gasteiger partial charge in [0.2, 0.25) is 0 Å². The van der Waals surface area contributed by atoms with E-state index in [-0.39, 0.29) is 18.3 Å². The highest BCUT2D eigenvalue weighted by Crippen LogP contribution is 2.35. The van der Waals surface area contributed by atoms with Gasteiger partial charge in [-0.1, -0.05) is 13.0 Å². The minimum atomic E-state index is -0.324. The number of benzene rings is 2. The molecule has 3 heterocycles. The topological polar surface area (TPSA) is 71.4 Å². The monoisotopic (exact) mass is 464 g/mol. The molecule has 1 unspecified atom stereocenters. The van der Waals surface area contributed by atoms with Crippen molar-refractivity contribution in [2.75, 3.05) is 31.2 Å². The lowest BCUT2D eigenvalue weighted by molar-refractivity contribution is 0.122. The summed E-state index contributed by atoms with van der Waals surface area (Å²) in [6.07, 6.45) is 1.49. The molecular formula is C25H25FN4O2S. The van der Waals surface area contributed by atoms with Gasteiger partial charge in [0.25, 0.3) is 0 Å². The van der Waals surface area contributed by atoms with E-state index in [2.05, 4.69) is 19.9 Å². The molecule has 33 heavy (non-hydrogen) atoms. The standard InChI is InChI=1S/C25H25FN4O2S/c1-15(25-29-16(2)23(13-31)33-25)17-3-6-21(26)20(11-17)24-19-5-4-18(12-22(19)27-14-28-24)30-7-9-32-10-8-30/h3-6,11-12,14-15,31H,7-10,13H2,1-2H3. The van der Waals surface area contributed by atoms with Crippen LogP contribution in [-0.4, -0.2) is 46.4 Å². The van der Waals surface area contributed by atoms with Crippen LogP contribution < -0.4 is 4.90 Å². The summed E-state index contributed by atoms with van der Waals surface area (Å²) < 4.78 is 20.5. The number of aliphatic hydroxyl groups is 1. The van der Waals surface area contributed by atoms with E-state index in [1.165, 1.54) is 23.7 Å². The summed E-state index contributed by atoms with van der Waals surface area (Å²) >= 11 is 1.49. The van der Waals surface area contributed by atoms with E-state index in [9.17, 15) is 5.11 Å². The van der Waals surface area contributed by atoms with Gasteiger partial charge in [-0.15, -0.1) is 11.3 Å². The molecule has 1 aliphatic rings. The Hall–Kier alpha value is -2.94. The van der Waals surface area contributed by atoms with Gasteiger partial charge in [0, 0.05) is 35.6 Å². The molecule has 5 rings (SSSR count). The fourth-order valence-electron chi connectivity index (χ4n) is 4.20. The molecule has 6 nitrogen and oxygen atoms in total. The van der Waals surface area contributed by atoms with E-state index >= 15 is 4.39 Å². The summed E-state index contributed by atoms with van der Waals surface area (Å²) in [5.41, 5.74) is 4.67. The number of aliphatic hydroxyl groups excluding tert-OH is 1.